The van der Waals surface area contributed by atoms with E-state index >= 15 is 0 Å². The lowest BCUT2D eigenvalue weighted by molar-refractivity contribution is 0.232. The summed E-state index contributed by atoms with van der Waals surface area (Å²) in [5.74, 6) is 0. The largest absolute Gasteiger partial charge is 0.298 e. The van der Waals surface area contributed by atoms with Gasteiger partial charge in [-0.2, -0.15) is 0 Å². The Bertz CT molecular complexity index is 244. The summed E-state index contributed by atoms with van der Waals surface area (Å²) in [6, 6.07) is 0.701. The van der Waals surface area contributed by atoms with Crippen molar-refractivity contribution in [3.63, 3.8) is 0 Å². The molecule has 0 aliphatic rings. The van der Waals surface area contributed by atoms with Gasteiger partial charge >= 0.3 is 0 Å². The number of hydrogen-bond donors (Lipinski definition) is 0. The Kier molecular flexibility index (Phi) is 9.06. The van der Waals surface area contributed by atoms with E-state index in [1.807, 2.05) is 0 Å². The summed E-state index contributed by atoms with van der Waals surface area (Å²) in [7, 11) is 2.22. The van der Waals surface area contributed by atoms with E-state index in [4.69, 9.17) is 0 Å². The van der Waals surface area contributed by atoms with Crippen molar-refractivity contribution in [2.24, 2.45) is 4.99 Å². The van der Waals surface area contributed by atoms with E-state index in [0.717, 1.165) is 12.3 Å². The molecule has 2 nitrogen and oxygen atoms in total. The van der Waals surface area contributed by atoms with Crippen LogP contribution in [0.25, 0.3) is 0 Å². The van der Waals surface area contributed by atoms with Gasteiger partial charge in [0, 0.05) is 18.3 Å². The van der Waals surface area contributed by atoms with Gasteiger partial charge in [0.05, 0.1) is 5.70 Å². The molecular weight excluding hydrogens is 208 g/mol. The zero-order valence-corrected chi connectivity index (χ0v) is 12.6. The van der Waals surface area contributed by atoms with E-state index in [2.05, 4.69) is 57.6 Å². The van der Waals surface area contributed by atoms with Gasteiger partial charge in [-0.1, -0.05) is 32.8 Å². The molecular formula is C15H30N2. The maximum atomic E-state index is 4.57. The van der Waals surface area contributed by atoms with Gasteiger partial charge in [0.1, 0.15) is 0 Å². The average molecular weight is 238 g/mol. The topological polar surface area (TPSA) is 15.6 Å². The molecule has 0 fully saturated rings. The maximum absolute atomic E-state index is 4.57. The lowest BCUT2D eigenvalue weighted by Gasteiger charge is -2.27. The molecule has 0 unspecified atom stereocenters. The van der Waals surface area contributed by atoms with Crippen LogP contribution in [0.5, 0.6) is 0 Å². The van der Waals surface area contributed by atoms with E-state index in [0.29, 0.717) is 6.04 Å². The quantitative estimate of drug-likeness (QED) is 0.577. The molecule has 0 amide bonds. The van der Waals surface area contributed by atoms with Crippen molar-refractivity contribution < 1.29 is 0 Å². The third-order valence-corrected chi connectivity index (χ3v) is 2.98. The van der Waals surface area contributed by atoms with Gasteiger partial charge in [-0.3, -0.25) is 9.89 Å². The number of allylic oxidation sites excluding steroid dienone is 1. The summed E-state index contributed by atoms with van der Waals surface area (Å²) in [5, 5.41) is 0. The Balaban J connectivity index is 4.46. The fourth-order valence-corrected chi connectivity index (χ4v) is 2.11. The van der Waals surface area contributed by atoms with Crippen LogP contribution in [-0.2, 0) is 0 Å². The molecule has 0 aromatic heterocycles. The summed E-state index contributed by atoms with van der Waals surface area (Å²) in [4.78, 5) is 7.03. The minimum absolute atomic E-state index is 0.701. The molecule has 0 atom stereocenters. The van der Waals surface area contributed by atoms with Gasteiger partial charge in [-0.25, -0.2) is 0 Å². The van der Waals surface area contributed by atoms with Crippen LogP contribution in [0.2, 0.25) is 0 Å². The molecule has 0 aromatic carbocycles. The number of rotatable bonds is 8. The molecule has 0 radical (unpaired) electrons. The van der Waals surface area contributed by atoms with Crippen LogP contribution < -0.4 is 0 Å². The van der Waals surface area contributed by atoms with E-state index in [9.17, 15) is 0 Å². The number of nitrogens with zero attached hydrogens (tertiary/aromatic N) is 2. The molecule has 0 aromatic rings. The minimum Gasteiger partial charge on any atom is -0.298 e. The number of hydrogen-bond acceptors (Lipinski definition) is 2. The number of likely N-dealkylation sites (N-methyl/N-ethyl adjacent to an activating group) is 1. The summed E-state index contributed by atoms with van der Waals surface area (Å²) in [6.45, 7) is 11.7. The van der Waals surface area contributed by atoms with E-state index in [1.54, 1.807) is 0 Å². The first-order chi connectivity index (χ1) is 8.04. The smallest absolute Gasteiger partial charge is 0.0500 e. The molecule has 2 heteroatoms. The molecule has 0 saturated carbocycles. The molecule has 17 heavy (non-hydrogen) atoms. The Morgan fingerprint density at radius 2 is 1.71 bits per heavy atom. The molecule has 0 heterocycles. The Morgan fingerprint density at radius 1 is 1.18 bits per heavy atom. The second-order valence-electron chi connectivity index (χ2n) is 4.99. The third kappa shape index (κ3) is 7.32. The summed E-state index contributed by atoms with van der Waals surface area (Å²) in [6.07, 6.45) is 7.22. The van der Waals surface area contributed by atoms with E-state index in [1.165, 1.54) is 31.4 Å². The molecule has 0 aliphatic heterocycles. The lowest BCUT2D eigenvalue weighted by Crippen LogP contribution is -2.33. The van der Waals surface area contributed by atoms with Crippen molar-refractivity contribution in [2.45, 2.75) is 66.3 Å². The molecule has 0 aliphatic carbocycles. The van der Waals surface area contributed by atoms with Crippen molar-refractivity contribution >= 4 is 5.71 Å². The highest BCUT2D eigenvalue weighted by atomic mass is 15.1. The SMILES string of the molecule is C/C=C(/CN(C)C(CCC)CCC)N=C(C)C. The standard InChI is InChI=1S/C15H30N2/c1-7-10-15(11-8-2)17(6)12-14(9-3)16-13(4)5/h9,15H,7-8,10-12H2,1-6H3/b14-9-. The van der Waals surface area contributed by atoms with Gasteiger partial charge < -0.3 is 0 Å². The monoisotopic (exact) mass is 238 g/mol. The van der Waals surface area contributed by atoms with Crippen LogP contribution in [0, 0.1) is 0 Å². The highest BCUT2D eigenvalue weighted by Gasteiger charge is 2.13. The Morgan fingerprint density at radius 3 is 2.06 bits per heavy atom. The molecule has 0 saturated heterocycles. The van der Waals surface area contributed by atoms with Gasteiger partial charge in [0.2, 0.25) is 0 Å². The highest BCUT2D eigenvalue weighted by Crippen LogP contribution is 2.13. The van der Waals surface area contributed by atoms with Crippen LogP contribution in [0.3, 0.4) is 0 Å². The first-order valence-electron chi connectivity index (χ1n) is 6.92. The van der Waals surface area contributed by atoms with Crippen molar-refractivity contribution in [2.75, 3.05) is 13.6 Å². The predicted molar refractivity (Wildman–Crippen MR) is 78.8 cm³/mol. The van der Waals surface area contributed by atoms with Crippen LogP contribution >= 0.6 is 0 Å². The Hall–Kier alpha value is -0.630. The second-order valence-corrected chi connectivity index (χ2v) is 4.99. The third-order valence-electron chi connectivity index (χ3n) is 2.98. The van der Waals surface area contributed by atoms with Crippen molar-refractivity contribution in [1.29, 1.82) is 0 Å². The number of aliphatic imine (C=N–C) groups is 1. The molecule has 0 bridgehead atoms. The van der Waals surface area contributed by atoms with Crippen molar-refractivity contribution in [3.8, 4) is 0 Å². The molecule has 100 valence electrons. The van der Waals surface area contributed by atoms with E-state index < -0.39 is 0 Å². The van der Waals surface area contributed by atoms with Gasteiger partial charge in [0.15, 0.2) is 0 Å². The minimum atomic E-state index is 0.701. The van der Waals surface area contributed by atoms with Crippen LogP contribution in [-0.4, -0.2) is 30.2 Å². The normalized spacial score (nSPS) is 12.4. The summed E-state index contributed by atoms with van der Waals surface area (Å²) in [5.41, 5.74) is 2.32. The molecule has 0 rings (SSSR count). The van der Waals surface area contributed by atoms with Gasteiger partial charge in [0.25, 0.3) is 0 Å². The Labute approximate surface area is 108 Å². The first-order valence-corrected chi connectivity index (χ1v) is 6.92. The van der Waals surface area contributed by atoms with Crippen molar-refractivity contribution in [3.05, 3.63) is 11.8 Å². The summed E-state index contributed by atoms with van der Waals surface area (Å²) < 4.78 is 0. The zero-order valence-electron chi connectivity index (χ0n) is 12.6. The van der Waals surface area contributed by atoms with E-state index in [-0.39, 0.29) is 0 Å². The van der Waals surface area contributed by atoms with Crippen molar-refractivity contribution in [1.82, 2.24) is 4.90 Å². The van der Waals surface area contributed by atoms with Crippen LogP contribution in [0.4, 0.5) is 0 Å². The van der Waals surface area contributed by atoms with Crippen LogP contribution in [0.1, 0.15) is 60.3 Å². The fourth-order valence-electron chi connectivity index (χ4n) is 2.11. The first kappa shape index (κ1) is 16.4. The second kappa shape index (κ2) is 9.41. The fraction of sp³-hybridized carbons (Fsp3) is 0.800. The predicted octanol–water partition coefficient (Wildman–Crippen LogP) is 4.27. The summed E-state index contributed by atoms with van der Waals surface area (Å²) >= 11 is 0. The zero-order chi connectivity index (χ0) is 13.3. The average Bonchev–Trinajstić information content (AvgIpc) is 2.27. The molecule has 0 N–H and O–H groups in total. The van der Waals surface area contributed by atoms with Gasteiger partial charge in [-0.15, -0.1) is 0 Å². The highest BCUT2D eigenvalue weighted by molar-refractivity contribution is 5.80. The van der Waals surface area contributed by atoms with Gasteiger partial charge in [-0.05, 0) is 40.7 Å². The van der Waals surface area contributed by atoms with Crippen LogP contribution in [0.15, 0.2) is 16.8 Å². The maximum Gasteiger partial charge on any atom is 0.0500 e. The molecule has 0 spiro atoms. The lowest BCUT2D eigenvalue weighted by atomic mass is 10.1.